The molecule has 0 atom stereocenters. The molecule has 39 heavy (non-hydrogen) atoms. The van der Waals surface area contributed by atoms with Crippen molar-refractivity contribution in [3.63, 3.8) is 0 Å². The Kier molecular flexibility index (Phi) is 7.55. The lowest BCUT2D eigenvalue weighted by atomic mass is 9.94. The molecule has 3 fully saturated rings. The second-order valence-corrected chi connectivity index (χ2v) is 12.3. The lowest BCUT2D eigenvalue weighted by molar-refractivity contribution is -0.124. The van der Waals surface area contributed by atoms with Crippen molar-refractivity contribution in [3.8, 4) is 0 Å². The van der Waals surface area contributed by atoms with Gasteiger partial charge in [-0.2, -0.15) is 0 Å². The number of aromatic nitrogens is 2. The summed E-state index contributed by atoms with van der Waals surface area (Å²) in [5.41, 5.74) is 3.18. The highest BCUT2D eigenvalue weighted by Gasteiger charge is 2.38. The van der Waals surface area contributed by atoms with Gasteiger partial charge in [0.25, 0.3) is 11.5 Å². The van der Waals surface area contributed by atoms with Crippen LogP contribution in [0.5, 0.6) is 0 Å². The number of hydrogen-bond acceptors (Lipinski definition) is 7. The minimum atomic E-state index is -0.159. The molecule has 0 radical (unpaired) electrons. The van der Waals surface area contributed by atoms with Gasteiger partial charge in [0.2, 0.25) is 0 Å². The van der Waals surface area contributed by atoms with Gasteiger partial charge in [0.1, 0.15) is 15.8 Å². The van der Waals surface area contributed by atoms with Crippen molar-refractivity contribution in [2.24, 2.45) is 0 Å². The highest BCUT2D eigenvalue weighted by molar-refractivity contribution is 8.26. The van der Waals surface area contributed by atoms with Crippen LogP contribution in [-0.2, 0) is 11.3 Å². The van der Waals surface area contributed by atoms with Crippen LogP contribution in [0.15, 0.2) is 58.4 Å². The van der Waals surface area contributed by atoms with Crippen molar-refractivity contribution in [1.29, 1.82) is 0 Å². The summed E-state index contributed by atoms with van der Waals surface area (Å²) >= 11 is 6.97. The molecule has 1 amide bonds. The summed E-state index contributed by atoms with van der Waals surface area (Å²) in [4.78, 5) is 39.4. The van der Waals surface area contributed by atoms with Crippen LogP contribution in [-0.4, -0.2) is 61.6 Å². The molecule has 6 rings (SSSR count). The van der Waals surface area contributed by atoms with Crippen molar-refractivity contribution < 1.29 is 4.79 Å². The van der Waals surface area contributed by atoms with Crippen molar-refractivity contribution in [2.75, 3.05) is 31.1 Å². The van der Waals surface area contributed by atoms with Crippen molar-refractivity contribution >= 4 is 51.7 Å². The standard InChI is InChI=1S/C30H33N5O2S2/c1-21-9-8-14-34-26(21)31-27(33-17-15-32(16-18-33)20-22-10-4-2-5-11-22)24(28(34)36)19-25-29(37)35(30(38)39-25)23-12-6-3-7-13-23/h2,4-5,8-11,14,19,23H,3,6-7,12-13,15-18,20H2,1H3/b25-19-. The van der Waals surface area contributed by atoms with E-state index in [1.807, 2.05) is 25.1 Å². The first-order chi connectivity index (χ1) is 19.0. The Morgan fingerprint density at radius 1 is 1.00 bits per heavy atom. The zero-order valence-corrected chi connectivity index (χ0v) is 23.8. The third-order valence-electron chi connectivity index (χ3n) is 8.02. The molecule has 0 unspecified atom stereocenters. The molecule has 1 saturated carbocycles. The lowest BCUT2D eigenvalue weighted by Gasteiger charge is -2.36. The van der Waals surface area contributed by atoms with Crippen LogP contribution in [0.4, 0.5) is 5.82 Å². The van der Waals surface area contributed by atoms with Crippen LogP contribution in [0.1, 0.15) is 48.8 Å². The first-order valence-electron chi connectivity index (χ1n) is 13.8. The lowest BCUT2D eigenvalue weighted by Crippen LogP contribution is -2.47. The normalized spacial score (nSPS) is 20.5. The fourth-order valence-electron chi connectivity index (χ4n) is 5.89. The van der Waals surface area contributed by atoms with Gasteiger partial charge in [0, 0.05) is 45.0 Å². The molecule has 1 aliphatic carbocycles. The highest BCUT2D eigenvalue weighted by atomic mass is 32.2. The molecule has 0 spiro atoms. The van der Waals surface area contributed by atoms with Crippen LogP contribution >= 0.6 is 24.0 Å². The molecular weight excluding hydrogens is 526 g/mol. The Balaban J connectivity index is 1.33. The maximum atomic E-state index is 13.9. The van der Waals surface area contributed by atoms with Gasteiger partial charge in [-0.15, -0.1) is 0 Å². The molecule has 202 valence electrons. The predicted octanol–water partition coefficient (Wildman–Crippen LogP) is 4.86. The Morgan fingerprint density at radius 3 is 2.49 bits per heavy atom. The minimum Gasteiger partial charge on any atom is -0.353 e. The first-order valence-corrected chi connectivity index (χ1v) is 15.0. The summed E-state index contributed by atoms with van der Waals surface area (Å²) in [6, 6.07) is 14.5. The van der Waals surface area contributed by atoms with E-state index in [1.165, 1.54) is 23.7 Å². The summed E-state index contributed by atoms with van der Waals surface area (Å²) in [7, 11) is 0. The first kappa shape index (κ1) is 26.2. The zero-order chi connectivity index (χ0) is 26.9. The van der Waals surface area contributed by atoms with Gasteiger partial charge in [0.15, 0.2) is 0 Å². The van der Waals surface area contributed by atoms with Gasteiger partial charge in [-0.05, 0) is 43.0 Å². The molecule has 1 aromatic carbocycles. The Morgan fingerprint density at radius 2 is 1.74 bits per heavy atom. The number of aryl methyl sites for hydroxylation is 1. The van der Waals surface area contributed by atoms with Crippen LogP contribution in [0, 0.1) is 6.92 Å². The Bertz CT molecular complexity index is 1490. The molecule has 4 heterocycles. The van der Waals surface area contributed by atoms with Gasteiger partial charge in [-0.3, -0.25) is 23.8 Å². The van der Waals surface area contributed by atoms with E-state index in [0.29, 0.717) is 26.3 Å². The fraction of sp³-hybridized carbons (Fsp3) is 0.400. The van der Waals surface area contributed by atoms with Gasteiger partial charge in [0.05, 0.1) is 10.5 Å². The topological polar surface area (TPSA) is 61.2 Å². The summed E-state index contributed by atoms with van der Waals surface area (Å²) in [5, 5.41) is 0. The number of amides is 1. The van der Waals surface area contributed by atoms with Crippen LogP contribution in [0.2, 0.25) is 0 Å². The second-order valence-electron chi connectivity index (χ2n) is 10.6. The third-order valence-corrected chi connectivity index (χ3v) is 9.35. The smallest absolute Gasteiger partial charge is 0.267 e. The van der Waals surface area contributed by atoms with Gasteiger partial charge < -0.3 is 4.90 Å². The summed E-state index contributed by atoms with van der Waals surface area (Å²) in [5.74, 6) is 0.570. The molecule has 0 N–H and O–H groups in total. The van der Waals surface area contributed by atoms with Crippen molar-refractivity contribution in [2.45, 2.75) is 51.6 Å². The zero-order valence-electron chi connectivity index (χ0n) is 22.2. The number of fused-ring (bicyclic) bond motifs is 1. The number of hydrogen-bond donors (Lipinski definition) is 0. The molecule has 2 saturated heterocycles. The minimum absolute atomic E-state index is 0.0794. The SMILES string of the molecule is Cc1cccn2c(=O)c(/C=C3\SC(=S)N(C4CCCCC4)C3=O)c(N3CCN(Cc4ccccc4)CC3)nc12. The van der Waals surface area contributed by atoms with Gasteiger partial charge in [-0.1, -0.05) is 79.6 Å². The maximum absolute atomic E-state index is 13.9. The largest absolute Gasteiger partial charge is 0.353 e. The second kappa shape index (κ2) is 11.2. The van der Waals surface area contributed by atoms with E-state index in [2.05, 4.69) is 34.1 Å². The van der Waals surface area contributed by atoms with E-state index < -0.39 is 0 Å². The van der Waals surface area contributed by atoms with E-state index in [0.717, 1.165) is 64.0 Å². The van der Waals surface area contributed by atoms with Gasteiger partial charge in [-0.25, -0.2) is 4.98 Å². The molecule has 7 nitrogen and oxygen atoms in total. The monoisotopic (exact) mass is 559 g/mol. The average molecular weight is 560 g/mol. The quantitative estimate of drug-likeness (QED) is 0.327. The van der Waals surface area contributed by atoms with E-state index in [4.69, 9.17) is 17.2 Å². The number of piperazine rings is 1. The number of nitrogens with zero attached hydrogens (tertiary/aromatic N) is 5. The van der Waals surface area contributed by atoms with E-state index >= 15 is 0 Å². The summed E-state index contributed by atoms with van der Waals surface area (Å²) < 4.78 is 2.19. The molecule has 2 aliphatic heterocycles. The number of rotatable bonds is 5. The average Bonchev–Trinajstić information content (AvgIpc) is 3.24. The summed E-state index contributed by atoms with van der Waals surface area (Å²) in [6.07, 6.45) is 8.92. The fourth-order valence-corrected chi connectivity index (χ4v) is 7.27. The van der Waals surface area contributed by atoms with Crippen molar-refractivity contribution in [3.05, 3.63) is 80.6 Å². The van der Waals surface area contributed by atoms with E-state index in [9.17, 15) is 9.59 Å². The molecule has 3 aromatic rings. The number of thioether (sulfide) groups is 1. The molecule has 0 bridgehead atoms. The van der Waals surface area contributed by atoms with Gasteiger partial charge >= 0.3 is 0 Å². The number of pyridine rings is 1. The molecule has 2 aromatic heterocycles. The number of benzene rings is 1. The van der Waals surface area contributed by atoms with Crippen molar-refractivity contribution in [1.82, 2.24) is 19.2 Å². The third kappa shape index (κ3) is 5.27. The molecular formula is C30H33N5O2S2. The number of anilines is 1. The van der Waals surface area contributed by atoms with E-state index in [-0.39, 0.29) is 17.5 Å². The summed E-state index contributed by atoms with van der Waals surface area (Å²) in [6.45, 7) is 6.12. The van der Waals surface area contributed by atoms with Crippen LogP contribution < -0.4 is 10.5 Å². The van der Waals surface area contributed by atoms with Crippen LogP contribution in [0.3, 0.4) is 0 Å². The Labute approximate surface area is 238 Å². The number of carbonyl (C=O) groups is 1. The number of carbonyl (C=O) groups excluding carboxylic acids is 1. The Hall–Kier alpha value is -3.01. The van der Waals surface area contributed by atoms with E-state index in [1.54, 1.807) is 21.6 Å². The number of thiocarbonyl (C=S) groups is 1. The van der Waals surface area contributed by atoms with Crippen LogP contribution in [0.25, 0.3) is 11.7 Å². The maximum Gasteiger partial charge on any atom is 0.267 e. The predicted molar refractivity (Wildman–Crippen MR) is 162 cm³/mol. The highest BCUT2D eigenvalue weighted by Crippen LogP contribution is 2.38. The molecule has 3 aliphatic rings. The molecule has 9 heteroatoms.